The van der Waals surface area contributed by atoms with Crippen molar-refractivity contribution in [2.24, 2.45) is 17.8 Å². The van der Waals surface area contributed by atoms with Crippen molar-refractivity contribution in [3.8, 4) is 11.9 Å². The third-order valence-corrected chi connectivity index (χ3v) is 9.04. The molecule has 1 aliphatic heterocycles. The van der Waals surface area contributed by atoms with Crippen LogP contribution in [0.25, 0.3) is 11.0 Å². The number of fused-ring (bicyclic) bond motifs is 1. The molecule has 6 rings (SSSR count). The second-order valence-electron chi connectivity index (χ2n) is 11.6. The first-order chi connectivity index (χ1) is 18.6. The molecule has 0 N–H and O–H groups in total. The number of aromatic nitrogens is 3. The van der Waals surface area contributed by atoms with Crippen LogP contribution < -0.4 is 9.64 Å². The molecule has 38 heavy (non-hydrogen) atoms. The number of pyridine rings is 1. The van der Waals surface area contributed by atoms with Crippen LogP contribution >= 0.6 is 0 Å². The fraction of sp³-hybridized carbons (Fsp3) is 0.581. The summed E-state index contributed by atoms with van der Waals surface area (Å²) in [7, 11) is 0. The summed E-state index contributed by atoms with van der Waals surface area (Å²) in [5.74, 6) is 3.44. The monoisotopic (exact) mass is 513 g/mol. The minimum absolute atomic E-state index is 0.0659. The Morgan fingerprint density at radius 3 is 2.61 bits per heavy atom. The molecule has 0 radical (unpaired) electrons. The van der Waals surface area contributed by atoms with Crippen molar-refractivity contribution < 1.29 is 9.47 Å². The molecule has 2 saturated carbocycles. The molecule has 1 aromatic carbocycles. The van der Waals surface area contributed by atoms with E-state index in [0.717, 1.165) is 36.0 Å². The molecule has 3 aromatic rings. The molecule has 1 saturated heterocycles. The summed E-state index contributed by atoms with van der Waals surface area (Å²) in [5, 5.41) is 9.79. The number of hydrogen-bond acceptors (Lipinski definition) is 6. The maximum absolute atomic E-state index is 9.79. The third kappa shape index (κ3) is 4.99. The summed E-state index contributed by atoms with van der Waals surface area (Å²) in [6.07, 6.45) is 8.72. The lowest BCUT2D eigenvalue weighted by Gasteiger charge is -2.37. The maximum Gasteiger partial charge on any atom is 0.241 e. The van der Waals surface area contributed by atoms with Crippen LogP contribution in [0.1, 0.15) is 76.1 Å². The minimum atomic E-state index is 0.0659. The maximum atomic E-state index is 9.79. The number of imidazole rings is 1. The molecule has 0 amide bonds. The van der Waals surface area contributed by atoms with Crippen molar-refractivity contribution >= 4 is 17.0 Å². The first-order valence-electron chi connectivity index (χ1n) is 14.5. The van der Waals surface area contributed by atoms with E-state index >= 15 is 0 Å². The summed E-state index contributed by atoms with van der Waals surface area (Å²) >= 11 is 0. The average molecular weight is 514 g/mol. The van der Waals surface area contributed by atoms with Crippen molar-refractivity contribution in [3.05, 3.63) is 47.7 Å². The van der Waals surface area contributed by atoms with E-state index in [2.05, 4.69) is 59.7 Å². The molecule has 1 unspecified atom stereocenters. The predicted octanol–water partition coefficient (Wildman–Crippen LogP) is 6.27. The second kappa shape index (κ2) is 10.9. The van der Waals surface area contributed by atoms with Crippen LogP contribution in [0, 0.1) is 29.1 Å². The number of hydrogen-bond donors (Lipinski definition) is 0. The van der Waals surface area contributed by atoms with Crippen molar-refractivity contribution in [1.29, 1.82) is 5.26 Å². The number of nitrogens with zero attached hydrogens (tertiary/aromatic N) is 5. The third-order valence-electron chi connectivity index (χ3n) is 9.04. The van der Waals surface area contributed by atoms with E-state index in [-0.39, 0.29) is 12.1 Å². The largest absolute Gasteiger partial charge is 0.473 e. The first-order valence-corrected chi connectivity index (χ1v) is 14.5. The van der Waals surface area contributed by atoms with Crippen molar-refractivity contribution in [3.63, 3.8) is 0 Å². The molecule has 3 fully saturated rings. The van der Waals surface area contributed by atoms with Gasteiger partial charge in [-0.15, -0.1) is 0 Å². The van der Waals surface area contributed by atoms with Gasteiger partial charge in [0.05, 0.1) is 24.8 Å². The number of anilines is 1. The smallest absolute Gasteiger partial charge is 0.241 e. The van der Waals surface area contributed by atoms with Gasteiger partial charge in [-0.05, 0) is 55.9 Å². The fourth-order valence-corrected chi connectivity index (χ4v) is 6.39. The van der Waals surface area contributed by atoms with Crippen LogP contribution in [0.15, 0.2) is 36.4 Å². The van der Waals surface area contributed by atoms with E-state index in [1.807, 2.05) is 6.07 Å². The number of nitriles is 1. The lowest BCUT2D eigenvalue weighted by atomic mass is 9.82. The Balaban J connectivity index is 1.46. The van der Waals surface area contributed by atoms with Gasteiger partial charge in [0.15, 0.2) is 0 Å². The summed E-state index contributed by atoms with van der Waals surface area (Å²) in [4.78, 5) is 12.3. The van der Waals surface area contributed by atoms with Gasteiger partial charge >= 0.3 is 0 Å². The van der Waals surface area contributed by atoms with Gasteiger partial charge in [-0.3, -0.25) is 0 Å². The van der Waals surface area contributed by atoms with E-state index < -0.39 is 0 Å². The van der Waals surface area contributed by atoms with Crippen molar-refractivity contribution in [2.45, 2.75) is 77.5 Å². The van der Waals surface area contributed by atoms with Crippen LogP contribution in [-0.4, -0.2) is 40.4 Å². The fourth-order valence-electron chi connectivity index (χ4n) is 6.39. The topological polar surface area (TPSA) is 76.2 Å². The highest BCUT2D eigenvalue weighted by Gasteiger charge is 2.33. The quantitative estimate of drug-likeness (QED) is 0.370. The van der Waals surface area contributed by atoms with Gasteiger partial charge in [-0.2, -0.15) is 5.26 Å². The molecular weight excluding hydrogens is 474 g/mol. The summed E-state index contributed by atoms with van der Waals surface area (Å²) in [6, 6.07) is 14.7. The summed E-state index contributed by atoms with van der Waals surface area (Å²) < 4.78 is 14.9. The van der Waals surface area contributed by atoms with Crippen LogP contribution in [-0.2, 0) is 11.3 Å². The van der Waals surface area contributed by atoms with Gasteiger partial charge in [0.1, 0.15) is 23.4 Å². The van der Waals surface area contributed by atoms with Gasteiger partial charge in [-0.1, -0.05) is 56.5 Å². The lowest BCUT2D eigenvalue weighted by molar-refractivity contribution is 0.0925. The van der Waals surface area contributed by atoms with Gasteiger partial charge in [0.25, 0.3) is 0 Å². The minimum Gasteiger partial charge on any atom is -0.473 e. The van der Waals surface area contributed by atoms with E-state index in [0.29, 0.717) is 36.6 Å². The number of benzene rings is 1. The zero-order valence-corrected chi connectivity index (χ0v) is 22.7. The number of morpholine rings is 1. The summed E-state index contributed by atoms with van der Waals surface area (Å²) in [5.41, 5.74) is 3.31. The highest BCUT2D eigenvalue weighted by molar-refractivity contribution is 5.84. The Kier molecular flexibility index (Phi) is 7.25. The zero-order chi connectivity index (χ0) is 26.1. The predicted molar refractivity (Wildman–Crippen MR) is 148 cm³/mol. The first kappa shape index (κ1) is 25.2. The van der Waals surface area contributed by atoms with Crippen LogP contribution in [0.2, 0.25) is 0 Å². The van der Waals surface area contributed by atoms with E-state index in [1.165, 1.54) is 50.5 Å². The van der Waals surface area contributed by atoms with Gasteiger partial charge in [0.2, 0.25) is 11.8 Å². The van der Waals surface area contributed by atoms with Crippen molar-refractivity contribution in [2.75, 3.05) is 24.7 Å². The van der Waals surface area contributed by atoms with Gasteiger partial charge in [0, 0.05) is 19.2 Å². The standard InChI is InChI=1S/C31H39N5O2/c1-21-11-13-23(14-12-21)19-36-29-27(17-26(18-32)33-30(29)38-22(2)24-9-6-10-24)34-31(36)35-15-16-37-20-28(35)25-7-4-3-5-8-25/h3-5,7-8,17,21-24,28H,6,9-16,19-20H2,1-2H3/t21-,22?,23-,28-/m0/s1. The Hall–Kier alpha value is -3.11. The van der Waals surface area contributed by atoms with E-state index in [1.54, 1.807) is 0 Å². The average Bonchev–Trinajstić information content (AvgIpc) is 3.27. The van der Waals surface area contributed by atoms with Crippen molar-refractivity contribution in [1.82, 2.24) is 14.5 Å². The van der Waals surface area contributed by atoms with E-state index in [9.17, 15) is 5.26 Å². The number of ether oxygens (including phenoxy) is 2. The van der Waals surface area contributed by atoms with Gasteiger partial charge < -0.3 is 18.9 Å². The molecule has 7 heteroatoms. The Morgan fingerprint density at radius 2 is 1.89 bits per heavy atom. The molecule has 200 valence electrons. The SMILES string of the molecule is CC(Oc1nc(C#N)cc2nc(N3CCOC[C@H]3c3ccccc3)n(C[C@H]3CC[C@H](C)CC3)c12)C1CCC1. The Morgan fingerprint density at radius 1 is 1.11 bits per heavy atom. The molecule has 2 aliphatic carbocycles. The summed E-state index contributed by atoms with van der Waals surface area (Å²) in [6.45, 7) is 7.45. The number of rotatable bonds is 7. The Labute approximate surface area is 225 Å². The highest BCUT2D eigenvalue weighted by Crippen LogP contribution is 2.39. The zero-order valence-electron chi connectivity index (χ0n) is 22.7. The van der Waals surface area contributed by atoms with E-state index in [4.69, 9.17) is 19.4 Å². The molecule has 2 aromatic heterocycles. The van der Waals surface area contributed by atoms with Crippen LogP contribution in [0.3, 0.4) is 0 Å². The molecule has 2 atom stereocenters. The molecule has 3 aliphatic rings. The molecule has 7 nitrogen and oxygen atoms in total. The van der Waals surface area contributed by atoms with Crippen LogP contribution in [0.4, 0.5) is 5.95 Å². The molecule has 0 spiro atoms. The lowest BCUT2D eigenvalue weighted by Crippen LogP contribution is -2.41. The molecule has 3 heterocycles. The molecular formula is C31H39N5O2. The molecule has 0 bridgehead atoms. The normalized spacial score (nSPS) is 25.1. The second-order valence-corrected chi connectivity index (χ2v) is 11.6. The highest BCUT2D eigenvalue weighted by atomic mass is 16.5. The van der Waals surface area contributed by atoms with Gasteiger partial charge in [-0.25, -0.2) is 9.97 Å². The van der Waals surface area contributed by atoms with Crippen LogP contribution in [0.5, 0.6) is 5.88 Å². The Bertz CT molecular complexity index is 1290.